The summed E-state index contributed by atoms with van der Waals surface area (Å²) < 4.78 is 41.0. The van der Waals surface area contributed by atoms with Gasteiger partial charge in [-0.05, 0) is 19.1 Å². The Morgan fingerprint density at radius 3 is 2.76 bits per heavy atom. The third-order valence-corrected chi connectivity index (χ3v) is 7.21. The van der Waals surface area contributed by atoms with Crippen LogP contribution in [0.4, 0.5) is 4.39 Å². The Kier molecular flexibility index (Phi) is 4.92. The molecule has 1 aromatic carbocycles. The molecule has 1 aliphatic heterocycles. The average Bonchev–Trinajstić information content (AvgIpc) is 2.41. The minimum absolute atomic E-state index is 0.152. The number of nitrogens with zero attached hydrogens (tertiary/aromatic N) is 1. The van der Waals surface area contributed by atoms with E-state index in [4.69, 9.17) is 18.0 Å². The van der Waals surface area contributed by atoms with Crippen molar-refractivity contribution in [2.45, 2.75) is 30.0 Å². The van der Waals surface area contributed by atoms with E-state index in [1.807, 2.05) is 13.8 Å². The highest BCUT2D eigenvalue weighted by molar-refractivity contribution is 8.00. The van der Waals surface area contributed by atoms with E-state index in [1.54, 1.807) is 11.8 Å². The number of thiocarbonyl (C=S) groups is 1. The maximum Gasteiger partial charge on any atom is 0.244 e. The summed E-state index contributed by atoms with van der Waals surface area (Å²) >= 11 is 6.53. The molecule has 2 unspecified atom stereocenters. The normalized spacial score (nSPS) is 24.0. The van der Waals surface area contributed by atoms with E-state index in [1.165, 1.54) is 16.4 Å². The van der Waals surface area contributed by atoms with Crippen molar-refractivity contribution in [1.82, 2.24) is 4.31 Å². The number of rotatable bonds is 3. The minimum atomic E-state index is -3.83. The van der Waals surface area contributed by atoms with Gasteiger partial charge in [0, 0.05) is 23.6 Å². The zero-order valence-electron chi connectivity index (χ0n) is 11.7. The smallest absolute Gasteiger partial charge is 0.244 e. The second-order valence-corrected chi connectivity index (χ2v) is 8.69. The Balaban J connectivity index is 2.55. The van der Waals surface area contributed by atoms with Gasteiger partial charge in [0.05, 0.1) is 10.5 Å². The maximum atomic E-state index is 13.9. The predicted octanol–water partition coefficient (Wildman–Crippen LogP) is 1.97. The molecule has 0 saturated carbocycles. The van der Waals surface area contributed by atoms with Crippen molar-refractivity contribution < 1.29 is 12.8 Å². The first-order valence-electron chi connectivity index (χ1n) is 6.48. The molecule has 0 aliphatic carbocycles. The lowest BCUT2D eigenvalue weighted by Crippen LogP contribution is -2.48. The second-order valence-electron chi connectivity index (χ2n) is 4.91. The van der Waals surface area contributed by atoms with Gasteiger partial charge in [-0.3, -0.25) is 0 Å². The fourth-order valence-corrected chi connectivity index (χ4v) is 5.81. The van der Waals surface area contributed by atoms with Crippen molar-refractivity contribution in [2.75, 3.05) is 12.3 Å². The number of halogens is 1. The lowest BCUT2D eigenvalue weighted by Gasteiger charge is -2.36. The van der Waals surface area contributed by atoms with Crippen molar-refractivity contribution in [2.24, 2.45) is 5.73 Å². The molecule has 0 spiro atoms. The van der Waals surface area contributed by atoms with Gasteiger partial charge < -0.3 is 5.73 Å². The number of sulfonamides is 1. The van der Waals surface area contributed by atoms with E-state index in [2.05, 4.69) is 0 Å². The summed E-state index contributed by atoms with van der Waals surface area (Å²) in [5.74, 6) is -0.00158. The third-order valence-electron chi connectivity index (χ3n) is 3.63. The van der Waals surface area contributed by atoms with E-state index >= 15 is 0 Å². The first-order valence-corrected chi connectivity index (χ1v) is 9.38. The van der Waals surface area contributed by atoms with Crippen molar-refractivity contribution >= 4 is 39.0 Å². The number of hydrogen-bond donors (Lipinski definition) is 1. The highest BCUT2D eigenvalue weighted by atomic mass is 32.2. The molecule has 0 radical (unpaired) electrons. The first kappa shape index (κ1) is 16.7. The summed E-state index contributed by atoms with van der Waals surface area (Å²) in [5, 5.41) is 0.176. The summed E-state index contributed by atoms with van der Waals surface area (Å²) in [4.78, 5) is -0.403. The molecule has 8 heteroatoms. The summed E-state index contributed by atoms with van der Waals surface area (Å²) in [6.07, 6.45) is 0. The Bertz CT molecular complexity index is 663. The quantitative estimate of drug-likeness (QED) is 0.846. The van der Waals surface area contributed by atoms with Crippen molar-refractivity contribution in [3.05, 3.63) is 29.6 Å². The average molecular weight is 348 g/mol. The van der Waals surface area contributed by atoms with Crippen LogP contribution in [0.3, 0.4) is 0 Å². The Morgan fingerprint density at radius 1 is 1.48 bits per heavy atom. The van der Waals surface area contributed by atoms with Gasteiger partial charge in [0.1, 0.15) is 10.8 Å². The van der Waals surface area contributed by atoms with Crippen LogP contribution < -0.4 is 5.73 Å². The topological polar surface area (TPSA) is 63.4 Å². The van der Waals surface area contributed by atoms with E-state index in [0.717, 1.165) is 6.07 Å². The lowest BCUT2D eigenvalue weighted by molar-refractivity contribution is 0.340. The third kappa shape index (κ3) is 3.08. The number of hydrogen-bond acceptors (Lipinski definition) is 4. The monoisotopic (exact) mass is 348 g/mol. The van der Waals surface area contributed by atoms with Crippen LogP contribution in [0.5, 0.6) is 0 Å². The van der Waals surface area contributed by atoms with Gasteiger partial charge in [0.2, 0.25) is 10.0 Å². The fraction of sp³-hybridized carbons (Fsp3) is 0.462. The van der Waals surface area contributed by atoms with Crippen LogP contribution >= 0.6 is 24.0 Å². The van der Waals surface area contributed by atoms with Crippen LogP contribution in [-0.4, -0.2) is 41.3 Å². The molecule has 2 rings (SSSR count). The van der Waals surface area contributed by atoms with Crippen LogP contribution in [0.1, 0.15) is 19.4 Å². The molecule has 1 aromatic rings. The standard InChI is InChI=1S/C13H17FN2O2S3/c1-8-9(2)20-7-6-16(8)21(17,18)11-5-3-4-10(14)12(11)13(15)19/h3-5,8-9H,6-7H2,1-2H3,(H2,15,19). The van der Waals surface area contributed by atoms with E-state index < -0.39 is 15.8 Å². The van der Waals surface area contributed by atoms with Gasteiger partial charge in [-0.15, -0.1) is 0 Å². The van der Waals surface area contributed by atoms with Crippen molar-refractivity contribution in [3.8, 4) is 0 Å². The molecule has 2 atom stereocenters. The fourth-order valence-electron chi connectivity index (χ4n) is 2.33. The summed E-state index contributed by atoms with van der Waals surface area (Å²) in [6, 6.07) is 3.70. The molecule has 1 aliphatic rings. The molecule has 1 heterocycles. The SMILES string of the molecule is CC1SCCN(S(=O)(=O)c2cccc(F)c2C(N)=S)C1C. The minimum Gasteiger partial charge on any atom is -0.389 e. The molecule has 0 aromatic heterocycles. The van der Waals surface area contributed by atoms with Crippen LogP contribution in [0.15, 0.2) is 23.1 Å². The van der Waals surface area contributed by atoms with Crippen molar-refractivity contribution in [1.29, 1.82) is 0 Å². The van der Waals surface area contributed by atoms with Gasteiger partial charge in [-0.2, -0.15) is 16.1 Å². The molecular formula is C13H17FN2O2S3. The van der Waals surface area contributed by atoms with Gasteiger partial charge in [0.25, 0.3) is 0 Å². The highest BCUT2D eigenvalue weighted by Gasteiger charge is 2.36. The van der Waals surface area contributed by atoms with Crippen molar-refractivity contribution in [3.63, 3.8) is 0 Å². The number of benzene rings is 1. The maximum absolute atomic E-state index is 13.9. The van der Waals surface area contributed by atoms with E-state index in [-0.39, 0.29) is 26.7 Å². The Hall–Kier alpha value is -0.700. The molecule has 21 heavy (non-hydrogen) atoms. The van der Waals surface area contributed by atoms with Gasteiger partial charge in [-0.1, -0.05) is 25.2 Å². The molecule has 116 valence electrons. The molecule has 2 N–H and O–H groups in total. The summed E-state index contributed by atoms with van der Waals surface area (Å²) in [5.41, 5.74) is 5.30. The van der Waals surface area contributed by atoms with Gasteiger partial charge in [0.15, 0.2) is 0 Å². The molecule has 4 nitrogen and oxygen atoms in total. The van der Waals surface area contributed by atoms with Crippen LogP contribution in [0.25, 0.3) is 0 Å². The zero-order valence-corrected chi connectivity index (χ0v) is 14.2. The highest BCUT2D eigenvalue weighted by Crippen LogP contribution is 2.31. The molecule has 0 amide bonds. The zero-order chi connectivity index (χ0) is 15.8. The Morgan fingerprint density at radius 2 is 2.14 bits per heavy atom. The summed E-state index contributed by atoms with van der Waals surface area (Å²) in [7, 11) is -3.83. The molecule has 1 fully saturated rings. The van der Waals surface area contributed by atoms with E-state index in [0.29, 0.717) is 12.3 Å². The van der Waals surface area contributed by atoms with Crippen LogP contribution in [0, 0.1) is 5.82 Å². The van der Waals surface area contributed by atoms with Crippen LogP contribution in [0.2, 0.25) is 0 Å². The summed E-state index contributed by atoms with van der Waals surface area (Å²) in [6.45, 7) is 4.23. The van der Waals surface area contributed by atoms with E-state index in [9.17, 15) is 12.8 Å². The Labute approximate surface area is 133 Å². The molecular weight excluding hydrogens is 331 g/mol. The van der Waals surface area contributed by atoms with Crippen LogP contribution in [-0.2, 0) is 10.0 Å². The van der Waals surface area contributed by atoms with Gasteiger partial charge in [-0.25, -0.2) is 12.8 Å². The predicted molar refractivity (Wildman–Crippen MR) is 87.6 cm³/mol. The van der Waals surface area contributed by atoms with Gasteiger partial charge >= 0.3 is 0 Å². The first-order chi connectivity index (χ1) is 9.76. The molecule has 0 bridgehead atoms. The number of nitrogens with two attached hydrogens (primary N) is 1. The lowest BCUT2D eigenvalue weighted by atomic mass is 10.2. The number of thioether (sulfide) groups is 1. The second kappa shape index (κ2) is 6.20. The largest absolute Gasteiger partial charge is 0.389 e. The molecule has 1 saturated heterocycles.